The van der Waals surface area contributed by atoms with Crippen LogP contribution in [0.4, 0.5) is 0 Å². The number of aliphatic hydroxyl groups is 1. The van der Waals surface area contributed by atoms with Crippen molar-refractivity contribution < 1.29 is 33.8 Å². The molecule has 0 spiro atoms. The fourth-order valence-corrected chi connectivity index (χ4v) is 4.49. The van der Waals surface area contributed by atoms with E-state index in [2.05, 4.69) is 43.4 Å². The van der Waals surface area contributed by atoms with Crippen LogP contribution in [0.1, 0.15) is 116 Å². The van der Waals surface area contributed by atoms with Crippen molar-refractivity contribution in [3.8, 4) is 0 Å². The molecule has 0 aromatic heterocycles. The highest BCUT2D eigenvalue weighted by Crippen LogP contribution is 2.13. The number of aliphatic hydroxyl groups excluding tert-OH is 1. The van der Waals surface area contributed by atoms with E-state index in [0.29, 0.717) is 6.42 Å². The first-order valence-electron chi connectivity index (χ1n) is 16.1. The van der Waals surface area contributed by atoms with Gasteiger partial charge in [-0.2, -0.15) is 0 Å². The lowest BCUT2D eigenvalue weighted by Gasteiger charge is -2.34. The van der Waals surface area contributed by atoms with Crippen LogP contribution >= 0.6 is 0 Å². The number of hydrogen-bond donors (Lipinski definition) is 1. The van der Waals surface area contributed by atoms with E-state index in [9.17, 15) is 19.8 Å². The van der Waals surface area contributed by atoms with E-state index in [-0.39, 0.29) is 36.7 Å². The Morgan fingerprint density at radius 3 is 1.80 bits per heavy atom. The molecule has 0 aliphatic heterocycles. The number of hydrogen-bond acceptors (Lipinski definition) is 6. The number of rotatable bonds is 28. The van der Waals surface area contributed by atoms with Gasteiger partial charge in [0, 0.05) is 12.8 Å². The largest absolute Gasteiger partial charge is 0.544 e. The number of carbonyl (C=O) groups excluding carboxylic acids is 2. The topological polar surface area (TPSA) is 95.9 Å². The number of esters is 1. The Kier molecular flexibility index (Phi) is 25.6. The molecule has 0 aromatic rings. The summed E-state index contributed by atoms with van der Waals surface area (Å²) in [6.07, 6.45) is 31.0. The fourth-order valence-electron chi connectivity index (χ4n) is 4.49. The second-order valence-electron chi connectivity index (χ2n) is 11.9. The van der Waals surface area contributed by atoms with Gasteiger partial charge in [-0.15, -0.1) is 0 Å². The number of nitrogens with zero attached hydrogens (tertiary/aromatic N) is 1. The molecule has 0 radical (unpaired) electrons. The molecule has 0 rings (SSSR count). The molecule has 2 atom stereocenters. The third-order valence-electron chi connectivity index (χ3n) is 7.02. The van der Waals surface area contributed by atoms with Crippen LogP contribution in [0.3, 0.4) is 0 Å². The standard InChI is InChI=1S/C34H61NO6/c1-5-6-7-8-9-10-11-12-13-14-15-16-17-18-19-20-21-22-23-24-25-26-33(37)41-30-31(36)29-40-28-27-32(34(38)39)35(2,3)4/h6-7,9-10,12-13,31-32,36H,5,8,11,14-30H2,1-4H3/b7-6+,10-9+,13-12+. The maximum Gasteiger partial charge on any atom is 0.305 e. The molecule has 7 nitrogen and oxygen atoms in total. The zero-order chi connectivity index (χ0) is 30.6. The van der Waals surface area contributed by atoms with Gasteiger partial charge in [-0.05, 0) is 38.5 Å². The average molecular weight is 580 g/mol. The zero-order valence-corrected chi connectivity index (χ0v) is 26.7. The molecule has 2 unspecified atom stereocenters. The highest BCUT2D eigenvalue weighted by Gasteiger charge is 2.24. The van der Waals surface area contributed by atoms with E-state index in [0.717, 1.165) is 38.5 Å². The monoisotopic (exact) mass is 579 g/mol. The van der Waals surface area contributed by atoms with Crippen LogP contribution in [-0.4, -0.2) is 74.6 Å². The molecular formula is C34H61NO6. The Morgan fingerprint density at radius 2 is 1.27 bits per heavy atom. The summed E-state index contributed by atoms with van der Waals surface area (Å²) in [5.41, 5.74) is 0. The Balaban J connectivity index is 3.49. The molecule has 0 aliphatic carbocycles. The first kappa shape index (κ1) is 39.0. The number of carboxylic acid groups (broad SMARTS) is 1. The maximum absolute atomic E-state index is 11.9. The fraction of sp³-hybridized carbons (Fsp3) is 0.765. The number of unbranched alkanes of at least 4 members (excludes halogenated alkanes) is 11. The van der Waals surface area contributed by atoms with Crippen molar-refractivity contribution in [2.24, 2.45) is 0 Å². The molecule has 0 aliphatic rings. The molecule has 0 heterocycles. The van der Waals surface area contributed by atoms with Gasteiger partial charge in [0.05, 0.1) is 40.3 Å². The summed E-state index contributed by atoms with van der Waals surface area (Å²) in [6, 6.07) is -0.686. The van der Waals surface area contributed by atoms with E-state index < -0.39 is 18.1 Å². The van der Waals surface area contributed by atoms with Crippen LogP contribution < -0.4 is 5.11 Å². The summed E-state index contributed by atoms with van der Waals surface area (Å²) in [5.74, 6) is -1.42. The summed E-state index contributed by atoms with van der Waals surface area (Å²) in [6.45, 7) is 2.24. The molecule has 0 fully saturated rings. The van der Waals surface area contributed by atoms with Gasteiger partial charge in [-0.3, -0.25) is 4.79 Å². The SMILES string of the molecule is CC/C=C/C/C=C/C/C=C/CCCCCCCCCCCCCC(=O)OCC(O)COCCC(C(=O)[O-])[N+](C)(C)C. The number of quaternary nitrogens is 1. The Labute approximate surface area is 251 Å². The molecular weight excluding hydrogens is 518 g/mol. The molecule has 0 saturated carbocycles. The van der Waals surface area contributed by atoms with Gasteiger partial charge in [0.2, 0.25) is 0 Å². The Hall–Kier alpha value is -1.96. The third-order valence-corrected chi connectivity index (χ3v) is 7.02. The lowest BCUT2D eigenvalue weighted by Crippen LogP contribution is -2.55. The van der Waals surface area contributed by atoms with Crippen molar-refractivity contribution in [1.29, 1.82) is 0 Å². The van der Waals surface area contributed by atoms with Crippen LogP contribution in [-0.2, 0) is 19.1 Å². The normalized spacial score (nSPS) is 13.9. The number of aliphatic carboxylic acids is 1. The van der Waals surface area contributed by atoms with Gasteiger partial charge in [0.25, 0.3) is 0 Å². The second kappa shape index (κ2) is 26.9. The minimum absolute atomic E-state index is 0.00263. The average Bonchev–Trinajstić information content (AvgIpc) is 2.91. The first-order valence-corrected chi connectivity index (χ1v) is 16.1. The zero-order valence-electron chi connectivity index (χ0n) is 26.7. The predicted molar refractivity (Wildman–Crippen MR) is 166 cm³/mol. The molecule has 41 heavy (non-hydrogen) atoms. The van der Waals surface area contributed by atoms with Gasteiger partial charge in [-0.25, -0.2) is 0 Å². The number of likely N-dealkylation sites (N-methyl/N-ethyl adjacent to an activating group) is 1. The summed E-state index contributed by atoms with van der Waals surface area (Å²) in [5, 5.41) is 21.2. The number of carbonyl (C=O) groups is 2. The number of allylic oxidation sites excluding steroid dienone is 6. The van der Waals surface area contributed by atoms with Crippen LogP contribution in [0.15, 0.2) is 36.5 Å². The third kappa shape index (κ3) is 26.7. The van der Waals surface area contributed by atoms with Crippen molar-refractivity contribution in [3.63, 3.8) is 0 Å². The van der Waals surface area contributed by atoms with Gasteiger partial charge < -0.3 is 29.0 Å². The number of ether oxygens (including phenoxy) is 2. The second-order valence-corrected chi connectivity index (χ2v) is 11.9. The van der Waals surface area contributed by atoms with Crippen molar-refractivity contribution >= 4 is 11.9 Å². The lowest BCUT2D eigenvalue weighted by molar-refractivity contribution is -0.889. The van der Waals surface area contributed by atoms with Crippen LogP contribution in [0, 0.1) is 0 Å². The molecule has 0 bridgehead atoms. The van der Waals surface area contributed by atoms with Gasteiger partial charge >= 0.3 is 5.97 Å². The molecule has 238 valence electrons. The molecule has 1 N–H and O–H groups in total. The molecule has 7 heteroatoms. The first-order chi connectivity index (χ1) is 19.7. The minimum Gasteiger partial charge on any atom is -0.544 e. The van der Waals surface area contributed by atoms with Crippen molar-refractivity contribution in [3.05, 3.63) is 36.5 Å². The van der Waals surface area contributed by atoms with Gasteiger partial charge in [0.15, 0.2) is 0 Å². The predicted octanol–water partition coefficient (Wildman–Crippen LogP) is 6.05. The van der Waals surface area contributed by atoms with Crippen LogP contribution in [0.25, 0.3) is 0 Å². The van der Waals surface area contributed by atoms with E-state index in [1.165, 1.54) is 57.8 Å². The van der Waals surface area contributed by atoms with E-state index in [4.69, 9.17) is 9.47 Å². The molecule has 0 saturated heterocycles. The van der Waals surface area contributed by atoms with Crippen molar-refractivity contribution in [2.75, 3.05) is 41.0 Å². The highest BCUT2D eigenvalue weighted by atomic mass is 16.5. The number of carboxylic acids is 1. The smallest absolute Gasteiger partial charge is 0.305 e. The van der Waals surface area contributed by atoms with E-state index in [1.807, 2.05) is 0 Å². The Bertz CT molecular complexity index is 725. The van der Waals surface area contributed by atoms with E-state index >= 15 is 0 Å². The summed E-state index contributed by atoms with van der Waals surface area (Å²) in [7, 11) is 5.35. The van der Waals surface area contributed by atoms with Gasteiger partial charge in [-0.1, -0.05) is 101 Å². The summed E-state index contributed by atoms with van der Waals surface area (Å²) < 4.78 is 10.7. The van der Waals surface area contributed by atoms with Crippen molar-refractivity contribution in [1.82, 2.24) is 0 Å². The summed E-state index contributed by atoms with van der Waals surface area (Å²) in [4.78, 5) is 23.1. The quantitative estimate of drug-likeness (QED) is 0.0525. The Morgan fingerprint density at radius 1 is 0.756 bits per heavy atom. The highest BCUT2D eigenvalue weighted by molar-refractivity contribution is 5.69. The molecule has 0 amide bonds. The minimum atomic E-state index is -1.12. The van der Waals surface area contributed by atoms with Crippen LogP contribution in [0.5, 0.6) is 0 Å². The summed E-state index contributed by atoms with van der Waals surface area (Å²) >= 11 is 0. The van der Waals surface area contributed by atoms with E-state index in [1.54, 1.807) is 21.1 Å². The van der Waals surface area contributed by atoms with Crippen molar-refractivity contribution in [2.45, 2.75) is 128 Å². The van der Waals surface area contributed by atoms with Crippen LogP contribution in [0.2, 0.25) is 0 Å². The maximum atomic E-state index is 11.9. The van der Waals surface area contributed by atoms with Gasteiger partial charge in [0.1, 0.15) is 18.8 Å². The lowest BCUT2D eigenvalue weighted by atomic mass is 10.0. The molecule has 0 aromatic carbocycles.